The van der Waals surface area contributed by atoms with Gasteiger partial charge < -0.3 is 14.6 Å². The minimum absolute atomic E-state index is 0. The summed E-state index contributed by atoms with van der Waals surface area (Å²) in [5.74, 6) is 1.70. The number of fused-ring (bicyclic) bond motifs is 1. The number of carbonyl (C=O) groups is 1. The van der Waals surface area contributed by atoms with Crippen LogP contribution in [0.25, 0.3) is 0 Å². The van der Waals surface area contributed by atoms with E-state index in [2.05, 4.69) is 21.2 Å². The Hall–Kier alpha value is -0.520. The van der Waals surface area contributed by atoms with E-state index in [9.17, 15) is 4.79 Å². The second-order valence-corrected chi connectivity index (χ2v) is 5.27. The monoisotopic (exact) mass is 320 g/mol. The van der Waals surface area contributed by atoms with Crippen LogP contribution in [-0.4, -0.2) is 37.0 Å². The van der Waals surface area contributed by atoms with Gasteiger partial charge in [-0.3, -0.25) is 4.79 Å². The number of nitrogens with zero attached hydrogens (tertiary/aromatic N) is 1. The van der Waals surface area contributed by atoms with Gasteiger partial charge in [-0.2, -0.15) is 0 Å². The van der Waals surface area contributed by atoms with Crippen LogP contribution in [0.5, 0.6) is 0 Å². The van der Waals surface area contributed by atoms with Crippen LogP contribution in [-0.2, 0) is 0 Å². The second-order valence-electron chi connectivity index (χ2n) is 4.49. The summed E-state index contributed by atoms with van der Waals surface area (Å²) in [4.78, 5) is 14.0. The van der Waals surface area contributed by atoms with Crippen LogP contribution in [0.4, 0.5) is 0 Å². The molecule has 1 amide bonds. The van der Waals surface area contributed by atoms with Gasteiger partial charge >= 0.3 is 0 Å². The molecule has 2 aliphatic rings. The SMILES string of the molecule is Cl.O=C(c1ccc(Br)o1)N1C[C@H]2CNC[C@H]2C1. The zero-order valence-corrected chi connectivity index (χ0v) is 11.6. The van der Waals surface area contributed by atoms with E-state index in [1.54, 1.807) is 12.1 Å². The molecular weight excluding hydrogens is 307 g/mol. The Balaban J connectivity index is 0.00000108. The van der Waals surface area contributed by atoms with Crippen molar-refractivity contribution in [3.05, 3.63) is 22.6 Å². The minimum atomic E-state index is 0. The molecule has 0 aliphatic carbocycles. The molecule has 2 fully saturated rings. The van der Waals surface area contributed by atoms with Gasteiger partial charge in [-0.15, -0.1) is 12.4 Å². The van der Waals surface area contributed by atoms with Crippen LogP contribution in [0, 0.1) is 11.8 Å². The van der Waals surface area contributed by atoms with Gasteiger partial charge in [0.1, 0.15) is 0 Å². The molecule has 17 heavy (non-hydrogen) atoms. The predicted octanol–water partition coefficient (Wildman–Crippen LogP) is 1.76. The van der Waals surface area contributed by atoms with E-state index in [0.717, 1.165) is 26.2 Å². The molecule has 2 aliphatic heterocycles. The summed E-state index contributed by atoms with van der Waals surface area (Å²) in [5.41, 5.74) is 0. The molecule has 0 bridgehead atoms. The molecule has 0 radical (unpaired) electrons. The van der Waals surface area contributed by atoms with Crippen molar-refractivity contribution >= 4 is 34.2 Å². The summed E-state index contributed by atoms with van der Waals surface area (Å²) in [7, 11) is 0. The standard InChI is InChI=1S/C11H13BrN2O2.ClH/c12-10-2-1-9(16-10)11(15)14-5-7-3-13-4-8(7)6-14;/h1-2,7-8,13H,3-6H2;1H/t7-,8+;. The highest BCUT2D eigenvalue weighted by Crippen LogP contribution is 2.28. The zero-order chi connectivity index (χ0) is 11.1. The highest BCUT2D eigenvalue weighted by Gasteiger charge is 2.38. The summed E-state index contributed by atoms with van der Waals surface area (Å²) in [6.07, 6.45) is 0. The third kappa shape index (κ3) is 2.37. The molecule has 3 rings (SSSR count). The highest BCUT2D eigenvalue weighted by molar-refractivity contribution is 9.10. The lowest BCUT2D eigenvalue weighted by Crippen LogP contribution is -2.31. The van der Waals surface area contributed by atoms with E-state index in [1.807, 2.05) is 4.90 Å². The lowest BCUT2D eigenvalue weighted by Gasteiger charge is -2.15. The van der Waals surface area contributed by atoms with E-state index in [1.165, 1.54) is 0 Å². The van der Waals surface area contributed by atoms with Gasteiger partial charge in [0, 0.05) is 26.2 Å². The van der Waals surface area contributed by atoms with Gasteiger partial charge in [-0.25, -0.2) is 0 Å². The number of furan rings is 1. The molecule has 6 heteroatoms. The molecular formula is C11H14BrClN2O2. The van der Waals surface area contributed by atoms with E-state index in [4.69, 9.17) is 4.42 Å². The summed E-state index contributed by atoms with van der Waals surface area (Å²) < 4.78 is 5.90. The van der Waals surface area contributed by atoms with Gasteiger partial charge in [0.05, 0.1) is 0 Å². The number of likely N-dealkylation sites (tertiary alicyclic amines) is 1. The largest absolute Gasteiger partial charge is 0.444 e. The minimum Gasteiger partial charge on any atom is -0.444 e. The van der Waals surface area contributed by atoms with E-state index in [-0.39, 0.29) is 18.3 Å². The lowest BCUT2D eigenvalue weighted by molar-refractivity contribution is 0.0748. The topological polar surface area (TPSA) is 45.5 Å². The highest BCUT2D eigenvalue weighted by atomic mass is 79.9. The number of amides is 1. The number of rotatable bonds is 1. The Morgan fingerprint density at radius 2 is 2.00 bits per heavy atom. The summed E-state index contributed by atoms with van der Waals surface area (Å²) in [5, 5.41) is 3.36. The normalized spacial score (nSPS) is 26.8. The average Bonchev–Trinajstić information content (AvgIpc) is 2.89. The Bertz CT molecular complexity index is 411. The number of hydrogen-bond donors (Lipinski definition) is 1. The fraction of sp³-hybridized carbons (Fsp3) is 0.545. The molecule has 1 aromatic rings. The van der Waals surface area contributed by atoms with Crippen LogP contribution < -0.4 is 5.32 Å². The van der Waals surface area contributed by atoms with Crippen LogP contribution >= 0.6 is 28.3 Å². The predicted molar refractivity (Wildman–Crippen MR) is 69.4 cm³/mol. The smallest absolute Gasteiger partial charge is 0.289 e. The number of halogens is 2. The van der Waals surface area contributed by atoms with Gasteiger partial charge in [-0.05, 0) is 39.9 Å². The maximum atomic E-state index is 12.1. The first-order valence-electron chi connectivity index (χ1n) is 5.49. The summed E-state index contributed by atoms with van der Waals surface area (Å²) >= 11 is 3.21. The van der Waals surface area contributed by atoms with E-state index in [0.29, 0.717) is 22.3 Å². The third-order valence-corrected chi connectivity index (χ3v) is 3.89. The Morgan fingerprint density at radius 3 is 2.53 bits per heavy atom. The van der Waals surface area contributed by atoms with Gasteiger partial charge in [0.15, 0.2) is 10.4 Å². The molecule has 4 nitrogen and oxygen atoms in total. The number of carbonyl (C=O) groups excluding carboxylic acids is 1. The molecule has 0 aromatic carbocycles. The van der Waals surface area contributed by atoms with Crippen molar-refractivity contribution in [2.24, 2.45) is 11.8 Å². The third-order valence-electron chi connectivity index (χ3n) is 3.46. The zero-order valence-electron chi connectivity index (χ0n) is 9.19. The fourth-order valence-electron chi connectivity index (χ4n) is 2.61. The molecule has 0 unspecified atom stereocenters. The molecule has 2 atom stereocenters. The number of hydrogen-bond acceptors (Lipinski definition) is 3. The Kier molecular flexibility index (Phi) is 3.80. The van der Waals surface area contributed by atoms with Gasteiger partial charge in [0.25, 0.3) is 5.91 Å². The van der Waals surface area contributed by atoms with Crippen LogP contribution in [0.15, 0.2) is 21.2 Å². The summed E-state index contributed by atoms with van der Waals surface area (Å²) in [6.45, 7) is 3.79. The summed E-state index contributed by atoms with van der Waals surface area (Å²) in [6, 6.07) is 3.48. The van der Waals surface area contributed by atoms with Crippen molar-refractivity contribution in [1.29, 1.82) is 0 Å². The molecule has 1 N–H and O–H groups in total. The molecule has 94 valence electrons. The van der Waals surface area contributed by atoms with E-state index < -0.39 is 0 Å². The fourth-order valence-corrected chi connectivity index (χ4v) is 2.91. The van der Waals surface area contributed by atoms with Crippen molar-refractivity contribution in [3.8, 4) is 0 Å². The first-order valence-corrected chi connectivity index (χ1v) is 6.28. The maximum Gasteiger partial charge on any atom is 0.289 e. The van der Waals surface area contributed by atoms with Crippen molar-refractivity contribution < 1.29 is 9.21 Å². The molecule has 3 heterocycles. The second kappa shape index (κ2) is 5.00. The number of nitrogens with one attached hydrogen (secondary N) is 1. The molecule has 1 aromatic heterocycles. The van der Waals surface area contributed by atoms with Crippen molar-refractivity contribution in [2.75, 3.05) is 26.2 Å². The molecule has 2 saturated heterocycles. The first kappa shape index (κ1) is 12.9. The maximum absolute atomic E-state index is 12.1. The molecule has 0 saturated carbocycles. The van der Waals surface area contributed by atoms with Crippen LogP contribution in [0.3, 0.4) is 0 Å². The average molecular weight is 322 g/mol. The van der Waals surface area contributed by atoms with Crippen LogP contribution in [0.2, 0.25) is 0 Å². The van der Waals surface area contributed by atoms with Gasteiger partial charge in [0.2, 0.25) is 0 Å². The van der Waals surface area contributed by atoms with Crippen molar-refractivity contribution in [2.45, 2.75) is 0 Å². The first-order chi connectivity index (χ1) is 7.74. The van der Waals surface area contributed by atoms with Crippen LogP contribution in [0.1, 0.15) is 10.6 Å². The lowest BCUT2D eigenvalue weighted by atomic mass is 10.0. The Labute approximate surface area is 114 Å². The van der Waals surface area contributed by atoms with Gasteiger partial charge in [-0.1, -0.05) is 0 Å². The van der Waals surface area contributed by atoms with Crippen molar-refractivity contribution in [1.82, 2.24) is 10.2 Å². The Morgan fingerprint density at radius 1 is 1.35 bits per heavy atom. The van der Waals surface area contributed by atoms with Crippen molar-refractivity contribution in [3.63, 3.8) is 0 Å². The molecule has 0 spiro atoms. The van der Waals surface area contributed by atoms with E-state index >= 15 is 0 Å². The quantitative estimate of drug-likeness (QED) is 0.857.